The van der Waals surface area contributed by atoms with Crippen LogP contribution in [0.1, 0.15) is 64.4 Å². The summed E-state index contributed by atoms with van der Waals surface area (Å²) in [6, 6.07) is 20.3. The van der Waals surface area contributed by atoms with Crippen LogP contribution in [-0.2, 0) is 0 Å². The normalized spacial score (nSPS) is 15.8. The van der Waals surface area contributed by atoms with E-state index in [0.717, 1.165) is 22.6 Å². The molecule has 3 aromatic carbocycles. The van der Waals surface area contributed by atoms with Crippen molar-refractivity contribution in [3.05, 3.63) is 83.1 Å². The molecule has 0 heterocycles. The summed E-state index contributed by atoms with van der Waals surface area (Å²) in [7, 11) is 0. The lowest BCUT2D eigenvalue weighted by Gasteiger charge is -2.22. The molecule has 0 amide bonds. The van der Waals surface area contributed by atoms with Gasteiger partial charge in [-0.2, -0.15) is 0 Å². The highest BCUT2D eigenvalue weighted by molar-refractivity contribution is 6.32. The zero-order valence-electron chi connectivity index (χ0n) is 20.2. The molecule has 0 fully saturated rings. The van der Waals surface area contributed by atoms with Crippen molar-refractivity contribution in [2.45, 2.75) is 58.8 Å². The summed E-state index contributed by atoms with van der Waals surface area (Å²) in [5, 5.41) is 0.0308. The number of allylic oxidation sites excluding steroid dienone is 2. The van der Waals surface area contributed by atoms with Crippen LogP contribution in [0.3, 0.4) is 0 Å². The summed E-state index contributed by atoms with van der Waals surface area (Å²) in [6.45, 7) is 4.57. The minimum absolute atomic E-state index is 0.0308. The summed E-state index contributed by atoms with van der Waals surface area (Å²) < 4.78 is 20.2. The Hall–Kier alpha value is -2.58. The van der Waals surface area contributed by atoms with E-state index in [1.165, 1.54) is 56.1 Å². The molecule has 0 N–H and O–H groups in total. The molecule has 1 aliphatic rings. The van der Waals surface area contributed by atoms with E-state index in [4.69, 9.17) is 16.3 Å². The molecule has 1 nitrogen and oxygen atoms in total. The summed E-state index contributed by atoms with van der Waals surface area (Å²) in [5.41, 5.74) is 6.36. The van der Waals surface area contributed by atoms with Crippen molar-refractivity contribution in [1.82, 2.24) is 0 Å². The van der Waals surface area contributed by atoms with Gasteiger partial charge in [-0.25, -0.2) is 4.39 Å². The first kappa shape index (κ1) is 24.5. The van der Waals surface area contributed by atoms with E-state index in [-0.39, 0.29) is 5.02 Å². The van der Waals surface area contributed by atoms with Gasteiger partial charge in [0, 0.05) is 5.56 Å². The molecule has 3 aromatic rings. The smallest absolute Gasteiger partial charge is 0.153 e. The van der Waals surface area contributed by atoms with Gasteiger partial charge in [0.2, 0.25) is 0 Å². The second-order valence-electron chi connectivity index (χ2n) is 9.19. The highest BCUT2D eigenvalue weighted by atomic mass is 35.5. The fourth-order valence-corrected chi connectivity index (χ4v) is 5.06. The fraction of sp³-hybridized carbons (Fsp3) is 0.355. The van der Waals surface area contributed by atoms with Gasteiger partial charge >= 0.3 is 0 Å². The van der Waals surface area contributed by atoms with E-state index < -0.39 is 5.82 Å². The quantitative estimate of drug-likeness (QED) is 0.279. The van der Waals surface area contributed by atoms with E-state index in [0.29, 0.717) is 17.9 Å². The lowest BCUT2D eigenvalue weighted by Crippen LogP contribution is -2.05. The fourth-order valence-electron chi connectivity index (χ4n) is 4.84. The molecular weight excluding hydrogens is 443 g/mol. The minimum atomic E-state index is -0.446. The van der Waals surface area contributed by atoms with Gasteiger partial charge < -0.3 is 4.74 Å². The first-order valence-electron chi connectivity index (χ1n) is 12.6. The van der Waals surface area contributed by atoms with Gasteiger partial charge in [0.15, 0.2) is 5.82 Å². The van der Waals surface area contributed by atoms with Crippen molar-refractivity contribution in [1.29, 1.82) is 0 Å². The molecule has 0 radical (unpaired) electrons. The number of halogens is 2. The molecule has 3 heteroatoms. The number of hydrogen-bond acceptors (Lipinski definition) is 1. The average Bonchev–Trinajstić information content (AvgIpc) is 2.88. The van der Waals surface area contributed by atoms with Crippen LogP contribution < -0.4 is 4.74 Å². The molecule has 0 saturated carbocycles. The SMILES string of the molecule is CCCCCC1CC=C(c2ccc(-c3ccc(-c4ccc(OCC)c(Cl)c4F)cc3)cc2)CC1. The van der Waals surface area contributed by atoms with Crippen LogP contribution in [0.2, 0.25) is 5.02 Å². The third kappa shape index (κ3) is 5.73. The Kier molecular flexibility index (Phi) is 8.45. The zero-order chi connectivity index (χ0) is 23.9. The second kappa shape index (κ2) is 11.7. The van der Waals surface area contributed by atoms with Crippen molar-refractivity contribution >= 4 is 17.2 Å². The summed E-state index contributed by atoms with van der Waals surface area (Å²) in [4.78, 5) is 0. The van der Waals surface area contributed by atoms with Gasteiger partial charge in [-0.05, 0) is 72.1 Å². The van der Waals surface area contributed by atoms with Crippen molar-refractivity contribution in [3.8, 4) is 28.0 Å². The first-order chi connectivity index (χ1) is 16.6. The molecule has 0 aromatic heterocycles. The molecule has 34 heavy (non-hydrogen) atoms. The standard InChI is InChI=1S/C31H34ClFO/c1-3-5-6-7-22-8-10-23(11-9-22)24-12-14-25(15-13-24)26-16-18-27(19-17-26)28-20-21-29(34-4-2)30(32)31(28)33/h10,12-22H,3-9,11H2,1-2H3. The summed E-state index contributed by atoms with van der Waals surface area (Å²) in [6.07, 6.45) is 11.6. The molecule has 1 unspecified atom stereocenters. The molecular formula is C31H34ClFO. The first-order valence-corrected chi connectivity index (χ1v) is 13.0. The molecule has 0 saturated heterocycles. The highest BCUT2D eigenvalue weighted by Crippen LogP contribution is 2.36. The third-order valence-corrected chi connectivity index (χ3v) is 7.22. The van der Waals surface area contributed by atoms with E-state index in [9.17, 15) is 4.39 Å². The van der Waals surface area contributed by atoms with E-state index in [1.807, 2.05) is 31.2 Å². The van der Waals surface area contributed by atoms with Crippen molar-refractivity contribution in [2.24, 2.45) is 5.92 Å². The molecule has 1 atom stereocenters. The summed E-state index contributed by atoms with van der Waals surface area (Å²) in [5.74, 6) is 0.795. The van der Waals surface area contributed by atoms with Crippen molar-refractivity contribution < 1.29 is 9.13 Å². The van der Waals surface area contributed by atoms with Crippen LogP contribution in [0.4, 0.5) is 4.39 Å². The van der Waals surface area contributed by atoms with Crippen molar-refractivity contribution in [3.63, 3.8) is 0 Å². The van der Waals surface area contributed by atoms with Crippen LogP contribution in [0, 0.1) is 11.7 Å². The molecule has 4 rings (SSSR count). The van der Waals surface area contributed by atoms with Crippen LogP contribution in [-0.4, -0.2) is 6.61 Å². The van der Waals surface area contributed by atoms with E-state index in [1.54, 1.807) is 12.1 Å². The molecule has 0 bridgehead atoms. The Morgan fingerprint density at radius 2 is 1.50 bits per heavy atom. The molecule has 1 aliphatic carbocycles. The predicted molar refractivity (Wildman–Crippen MR) is 143 cm³/mol. The molecule has 178 valence electrons. The maximum absolute atomic E-state index is 14.8. The molecule has 0 aliphatic heterocycles. The Morgan fingerprint density at radius 1 is 0.853 bits per heavy atom. The van der Waals surface area contributed by atoms with Gasteiger partial charge in [-0.15, -0.1) is 0 Å². The number of benzene rings is 3. The van der Waals surface area contributed by atoms with Gasteiger partial charge in [-0.1, -0.05) is 98.8 Å². The summed E-state index contributed by atoms with van der Waals surface area (Å²) >= 11 is 6.16. The lowest BCUT2D eigenvalue weighted by molar-refractivity contribution is 0.338. The van der Waals surface area contributed by atoms with Gasteiger partial charge in [0.05, 0.1) is 6.61 Å². The van der Waals surface area contributed by atoms with Crippen LogP contribution in [0.25, 0.3) is 27.8 Å². The van der Waals surface area contributed by atoms with Gasteiger partial charge in [0.25, 0.3) is 0 Å². The third-order valence-electron chi connectivity index (χ3n) is 6.87. The van der Waals surface area contributed by atoms with Gasteiger partial charge in [0.1, 0.15) is 10.8 Å². The van der Waals surface area contributed by atoms with E-state index >= 15 is 0 Å². The number of unbranched alkanes of at least 4 members (excludes halogenated alkanes) is 2. The monoisotopic (exact) mass is 476 g/mol. The van der Waals surface area contributed by atoms with E-state index in [2.05, 4.69) is 37.3 Å². The topological polar surface area (TPSA) is 9.23 Å². The zero-order valence-corrected chi connectivity index (χ0v) is 21.0. The number of ether oxygens (including phenoxy) is 1. The predicted octanol–water partition coefficient (Wildman–Crippen LogP) is 9.98. The Balaban J connectivity index is 1.44. The van der Waals surface area contributed by atoms with Crippen LogP contribution >= 0.6 is 11.6 Å². The van der Waals surface area contributed by atoms with Crippen LogP contribution in [0.5, 0.6) is 5.75 Å². The van der Waals surface area contributed by atoms with Crippen LogP contribution in [0.15, 0.2) is 66.7 Å². The molecule has 0 spiro atoms. The lowest BCUT2D eigenvalue weighted by atomic mass is 9.83. The number of rotatable bonds is 9. The largest absolute Gasteiger partial charge is 0.492 e. The van der Waals surface area contributed by atoms with Crippen molar-refractivity contribution in [2.75, 3.05) is 6.61 Å². The number of hydrogen-bond donors (Lipinski definition) is 0. The second-order valence-corrected chi connectivity index (χ2v) is 9.57. The van der Waals surface area contributed by atoms with Gasteiger partial charge in [-0.3, -0.25) is 0 Å². The maximum Gasteiger partial charge on any atom is 0.153 e. The Bertz CT molecular complexity index is 1120. The Labute approximate surface area is 208 Å². The maximum atomic E-state index is 14.8. The Morgan fingerprint density at radius 3 is 2.09 bits per heavy atom. The minimum Gasteiger partial charge on any atom is -0.492 e. The highest BCUT2D eigenvalue weighted by Gasteiger charge is 2.16. The average molecular weight is 477 g/mol.